The van der Waals surface area contributed by atoms with Crippen LogP contribution in [0, 0.1) is 5.41 Å². The third-order valence-electron chi connectivity index (χ3n) is 3.55. The Morgan fingerprint density at radius 3 is 2.19 bits per heavy atom. The molecule has 1 rings (SSSR count). The van der Waals surface area contributed by atoms with E-state index in [2.05, 4.69) is 13.8 Å². The van der Waals surface area contributed by atoms with Gasteiger partial charge in [0, 0.05) is 6.04 Å². The summed E-state index contributed by atoms with van der Waals surface area (Å²) < 4.78 is 0. The maximum Gasteiger partial charge on any atom is 0.329 e. The Morgan fingerprint density at radius 2 is 1.94 bits per heavy atom. The van der Waals surface area contributed by atoms with Crippen molar-refractivity contribution in [3.63, 3.8) is 0 Å². The number of carboxylic acids is 1. The molecule has 0 heterocycles. The van der Waals surface area contributed by atoms with E-state index in [4.69, 9.17) is 0 Å². The second-order valence-electron chi connectivity index (χ2n) is 5.78. The molecule has 0 aromatic rings. The van der Waals surface area contributed by atoms with Crippen molar-refractivity contribution in [3.05, 3.63) is 0 Å². The fraction of sp³-hybridized carbons (Fsp3) is 0.833. The zero-order valence-electron chi connectivity index (χ0n) is 10.5. The first-order valence-corrected chi connectivity index (χ1v) is 5.72. The van der Waals surface area contributed by atoms with E-state index in [9.17, 15) is 14.7 Å². The summed E-state index contributed by atoms with van der Waals surface area (Å²) in [6.45, 7) is 7.82. The third kappa shape index (κ3) is 2.06. The van der Waals surface area contributed by atoms with Gasteiger partial charge in [0.15, 0.2) is 0 Å². The van der Waals surface area contributed by atoms with Gasteiger partial charge in [0.1, 0.15) is 5.54 Å². The molecule has 92 valence electrons. The molecule has 16 heavy (non-hydrogen) atoms. The Hall–Kier alpha value is -1.06. The lowest BCUT2D eigenvalue weighted by molar-refractivity contribution is -0.157. The van der Waals surface area contributed by atoms with Gasteiger partial charge >= 0.3 is 5.97 Å². The van der Waals surface area contributed by atoms with Crippen molar-refractivity contribution in [3.8, 4) is 0 Å². The van der Waals surface area contributed by atoms with Gasteiger partial charge in [0.25, 0.3) is 0 Å². The quantitative estimate of drug-likeness (QED) is 0.746. The zero-order valence-corrected chi connectivity index (χ0v) is 10.5. The lowest BCUT2D eigenvalue weighted by Crippen LogP contribution is -2.55. The summed E-state index contributed by atoms with van der Waals surface area (Å²) in [6, 6.07) is -0.0810. The van der Waals surface area contributed by atoms with Gasteiger partial charge in [-0.1, -0.05) is 13.8 Å². The molecule has 1 saturated carbocycles. The molecule has 1 aliphatic carbocycles. The van der Waals surface area contributed by atoms with Gasteiger partial charge in [-0.3, -0.25) is 4.79 Å². The summed E-state index contributed by atoms with van der Waals surface area (Å²) in [7, 11) is 0. The average molecular weight is 227 g/mol. The van der Waals surface area contributed by atoms with Gasteiger partial charge in [-0.2, -0.15) is 0 Å². The van der Waals surface area contributed by atoms with E-state index in [0.717, 1.165) is 6.42 Å². The van der Waals surface area contributed by atoms with Crippen molar-refractivity contribution in [2.75, 3.05) is 0 Å². The minimum atomic E-state index is -1.00. The van der Waals surface area contributed by atoms with Crippen LogP contribution in [0.1, 0.15) is 47.0 Å². The fourth-order valence-corrected chi connectivity index (χ4v) is 2.74. The Labute approximate surface area is 96.6 Å². The van der Waals surface area contributed by atoms with Crippen LogP contribution in [0.15, 0.2) is 0 Å². The second-order valence-corrected chi connectivity index (χ2v) is 5.78. The van der Waals surface area contributed by atoms with Crippen LogP contribution in [-0.2, 0) is 9.59 Å². The number of carbonyl (C=O) groups excluding carboxylic acids is 1. The molecule has 4 nitrogen and oxygen atoms in total. The summed E-state index contributed by atoms with van der Waals surface area (Å²) in [6.07, 6.45) is 2.61. The molecular weight excluding hydrogens is 206 g/mol. The molecule has 1 amide bonds. The number of carbonyl (C=O) groups is 2. The van der Waals surface area contributed by atoms with Crippen molar-refractivity contribution in [2.45, 2.75) is 58.5 Å². The van der Waals surface area contributed by atoms with Crippen LogP contribution < -0.4 is 0 Å². The molecule has 0 aliphatic heterocycles. The highest BCUT2D eigenvalue weighted by Crippen LogP contribution is 2.47. The Balaban J connectivity index is 3.08. The standard InChI is InChI=1S/C12H21NO3/c1-9(2)13(8-14)12(10(15)16)6-5-11(3,4)7-12/h8-9H,5-7H2,1-4H3,(H,15,16). The summed E-state index contributed by atoms with van der Waals surface area (Å²) in [4.78, 5) is 24.1. The normalized spacial score (nSPS) is 28.1. The van der Waals surface area contributed by atoms with Crippen molar-refractivity contribution < 1.29 is 14.7 Å². The predicted octanol–water partition coefficient (Wildman–Crippen LogP) is 1.89. The lowest BCUT2D eigenvalue weighted by Gasteiger charge is -2.38. The third-order valence-corrected chi connectivity index (χ3v) is 3.55. The molecule has 1 aliphatic rings. The molecule has 1 N–H and O–H groups in total. The predicted molar refractivity (Wildman–Crippen MR) is 61.0 cm³/mol. The maximum absolute atomic E-state index is 11.5. The van der Waals surface area contributed by atoms with Crippen LogP contribution in [0.3, 0.4) is 0 Å². The molecule has 1 fully saturated rings. The van der Waals surface area contributed by atoms with Crippen LogP contribution in [0.4, 0.5) is 0 Å². The molecular formula is C12H21NO3. The van der Waals surface area contributed by atoms with E-state index in [0.29, 0.717) is 19.3 Å². The molecule has 0 saturated heterocycles. The molecule has 0 aromatic heterocycles. The number of rotatable bonds is 4. The number of hydrogen-bond donors (Lipinski definition) is 1. The van der Waals surface area contributed by atoms with E-state index in [-0.39, 0.29) is 11.5 Å². The van der Waals surface area contributed by atoms with E-state index in [1.807, 2.05) is 13.8 Å². The number of amides is 1. The summed E-state index contributed by atoms with van der Waals surface area (Å²) in [5.41, 5.74) is -1.01. The van der Waals surface area contributed by atoms with Crippen LogP contribution in [0.25, 0.3) is 0 Å². The smallest absolute Gasteiger partial charge is 0.329 e. The second kappa shape index (κ2) is 4.07. The van der Waals surface area contributed by atoms with Gasteiger partial charge < -0.3 is 10.0 Å². The highest BCUT2D eigenvalue weighted by Gasteiger charge is 2.53. The molecule has 4 heteroatoms. The van der Waals surface area contributed by atoms with E-state index in [1.165, 1.54) is 4.90 Å². The number of nitrogens with zero attached hydrogens (tertiary/aromatic N) is 1. The molecule has 1 unspecified atom stereocenters. The van der Waals surface area contributed by atoms with E-state index < -0.39 is 11.5 Å². The first-order chi connectivity index (χ1) is 7.25. The van der Waals surface area contributed by atoms with E-state index in [1.54, 1.807) is 0 Å². The van der Waals surface area contributed by atoms with Crippen LogP contribution in [0.2, 0.25) is 0 Å². The van der Waals surface area contributed by atoms with Gasteiger partial charge in [-0.15, -0.1) is 0 Å². The van der Waals surface area contributed by atoms with Gasteiger partial charge in [0.05, 0.1) is 0 Å². The van der Waals surface area contributed by atoms with Crippen molar-refractivity contribution >= 4 is 12.4 Å². The summed E-state index contributed by atoms with van der Waals surface area (Å²) >= 11 is 0. The topological polar surface area (TPSA) is 57.6 Å². The minimum absolute atomic E-state index is 0.00542. The Bertz CT molecular complexity index is 299. The average Bonchev–Trinajstić information content (AvgIpc) is 2.44. The number of hydrogen-bond acceptors (Lipinski definition) is 2. The van der Waals surface area contributed by atoms with Gasteiger partial charge in [-0.05, 0) is 38.5 Å². The molecule has 0 radical (unpaired) electrons. The van der Waals surface area contributed by atoms with Crippen molar-refractivity contribution in [1.29, 1.82) is 0 Å². The van der Waals surface area contributed by atoms with Gasteiger partial charge in [-0.25, -0.2) is 4.79 Å². The lowest BCUT2D eigenvalue weighted by atomic mass is 9.86. The highest BCUT2D eigenvalue weighted by atomic mass is 16.4. The zero-order chi connectivity index (χ0) is 12.6. The molecule has 0 aromatic carbocycles. The fourth-order valence-electron chi connectivity index (χ4n) is 2.74. The maximum atomic E-state index is 11.5. The molecule has 1 atom stereocenters. The van der Waals surface area contributed by atoms with Crippen LogP contribution >= 0.6 is 0 Å². The first-order valence-electron chi connectivity index (χ1n) is 5.72. The monoisotopic (exact) mass is 227 g/mol. The minimum Gasteiger partial charge on any atom is -0.479 e. The van der Waals surface area contributed by atoms with E-state index >= 15 is 0 Å². The molecule has 0 bridgehead atoms. The largest absolute Gasteiger partial charge is 0.479 e. The Kier molecular flexibility index (Phi) is 3.31. The van der Waals surface area contributed by atoms with Crippen LogP contribution in [-0.4, -0.2) is 34.0 Å². The van der Waals surface area contributed by atoms with Crippen molar-refractivity contribution in [2.24, 2.45) is 5.41 Å². The summed E-state index contributed by atoms with van der Waals surface area (Å²) in [5.74, 6) is -0.876. The SMILES string of the molecule is CC(C)N(C=O)C1(C(=O)O)CCC(C)(C)C1. The first kappa shape index (κ1) is 13.0. The summed E-state index contributed by atoms with van der Waals surface area (Å²) in [5, 5.41) is 9.45. The Morgan fingerprint density at radius 1 is 1.38 bits per heavy atom. The van der Waals surface area contributed by atoms with Gasteiger partial charge in [0.2, 0.25) is 6.41 Å². The van der Waals surface area contributed by atoms with Crippen molar-refractivity contribution in [1.82, 2.24) is 4.90 Å². The number of aliphatic carboxylic acids is 1. The molecule has 0 spiro atoms. The van der Waals surface area contributed by atoms with Crippen LogP contribution in [0.5, 0.6) is 0 Å². The number of carboxylic acid groups (broad SMARTS) is 1. The highest BCUT2D eigenvalue weighted by molar-refractivity contribution is 5.82.